The van der Waals surface area contributed by atoms with Crippen LogP contribution in [0.3, 0.4) is 0 Å². The minimum absolute atomic E-state index is 0.0764. The molecule has 0 atom stereocenters. The summed E-state index contributed by atoms with van der Waals surface area (Å²) in [6, 6.07) is 13.2. The molecule has 1 amide bonds. The Balaban J connectivity index is 1.64. The number of carbonyl (C=O) groups excluding carboxylic acids is 1. The number of nitrogens with one attached hydrogen (secondary N) is 2. The summed E-state index contributed by atoms with van der Waals surface area (Å²) in [7, 11) is 0. The normalized spacial score (nSPS) is 10.8. The van der Waals surface area contributed by atoms with Crippen molar-refractivity contribution in [2.45, 2.75) is 6.92 Å². The molecule has 158 valence electrons. The third-order valence-corrected chi connectivity index (χ3v) is 5.10. The topological polar surface area (TPSA) is 97.4 Å². The molecule has 3 aromatic rings. The Labute approximate surface area is 192 Å². The number of amides is 1. The molecule has 0 aliphatic heterocycles. The number of hydrogen-bond donors (Lipinski definition) is 2. The van der Waals surface area contributed by atoms with Gasteiger partial charge in [-0.05, 0) is 61.1 Å². The number of nitrogens with zero attached hydrogens (tertiary/aromatic N) is 1. The van der Waals surface area contributed by atoms with E-state index in [9.17, 15) is 14.9 Å². The Morgan fingerprint density at radius 3 is 2.71 bits per heavy atom. The number of furan rings is 1. The van der Waals surface area contributed by atoms with E-state index < -0.39 is 10.8 Å². The van der Waals surface area contributed by atoms with E-state index in [0.717, 1.165) is 5.56 Å². The predicted octanol–water partition coefficient (Wildman–Crippen LogP) is 6.00. The lowest BCUT2D eigenvalue weighted by atomic mass is 10.2. The number of hydrogen-bond acceptors (Lipinski definition) is 5. The van der Waals surface area contributed by atoms with Crippen molar-refractivity contribution in [3.05, 3.63) is 86.1 Å². The van der Waals surface area contributed by atoms with Crippen molar-refractivity contribution >= 4 is 63.9 Å². The first-order valence-electron chi connectivity index (χ1n) is 8.84. The smallest absolute Gasteiger partial charge is 0.292 e. The van der Waals surface area contributed by atoms with Crippen molar-refractivity contribution in [3.63, 3.8) is 0 Å². The molecule has 0 spiro atoms. The van der Waals surface area contributed by atoms with Gasteiger partial charge in [0.25, 0.3) is 5.69 Å². The van der Waals surface area contributed by atoms with Crippen LogP contribution in [0.15, 0.2) is 59.0 Å². The molecule has 0 aliphatic carbocycles. The van der Waals surface area contributed by atoms with Crippen LogP contribution in [-0.2, 0) is 4.79 Å². The molecule has 3 rings (SSSR count). The average molecular weight is 476 g/mol. The fourth-order valence-corrected chi connectivity index (χ4v) is 3.25. The molecule has 1 aromatic heterocycles. The molecule has 2 aromatic carbocycles. The number of carbonyl (C=O) groups is 1. The van der Waals surface area contributed by atoms with Crippen molar-refractivity contribution in [3.8, 4) is 11.3 Å². The molecular weight excluding hydrogens is 461 g/mol. The van der Waals surface area contributed by atoms with Crippen molar-refractivity contribution in [1.29, 1.82) is 0 Å². The summed E-state index contributed by atoms with van der Waals surface area (Å²) in [4.78, 5) is 22.8. The summed E-state index contributed by atoms with van der Waals surface area (Å²) in [5.41, 5.74) is 1.39. The Hall–Kier alpha value is -3.20. The molecule has 0 saturated heterocycles. The van der Waals surface area contributed by atoms with Gasteiger partial charge < -0.3 is 9.73 Å². The van der Waals surface area contributed by atoms with Crippen LogP contribution >= 0.6 is 35.4 Å². The number of nitro groups is 1. The van der Waals surface area contributed by atoms with E-state index >= 15 is 0 Å². The quantitative estimate of drug-likeness (QED) is 0.203. The van der Waals surface area contributed by atoms with Crippen LogP contribution in [-0.4, -0.2) is 15.9 Å². The first-order valence-corrected chi connectivity index (χ1v) is 10.0. The molecule has 31 heavy (non-hydrogen) atoms. The minimum Gasteiger partial charge on any atom is -0.457 e. The predicted molar refractivity (Wildman–Crippen MR) is 125 cm³/mol. The summed E-state index contributed by atoms with van der Waals surface area (Å²) >= 11 is 17.3. The largest absolute Gasteiger partial charge is 0.457 e. The number of rotatable bonds is 5. The summed E-state index contributed by atoms with van der Waals surface area (Å²) in [6.07, 6.45) is 2.67. The second kappa shape index (κ2) is 9.74. The van der Waals surface area contributed by atoms with Crippen molar-refractivity contribution in [2.24, 2.45) is 0 Å². The van der Waals surface area contributed by atoms with Gasteiger partial charge in [0.05, 0.1) is 15.0 Å². The Morgan fingerprint density at radius 1 is 1.19 bits per heavy atom. The number of aryl methyl sites for hydroxylation is 1. The van der Waals surface area contributed by atoms with Gasteiger partial charge in [-0.3, -0.25) is 20.2 Å². The molecule has 10 heteroatoms. The third-order valence-electron chi connectivity index (χ3n) is 4.08. The number of halogens is 2. The second-order valence-electron chi connectivity index (χ2n) is 6.36. The minimum atomic E-state index is -0.536. The first kappa shape index (κ1) is 22.5. The molecule has 0 unspecified atom stereocenters. The Morgan fingerprint density at radius 2 is 1.97 bits per heavy atom. The van der Waals surface area contributed by atoms with E-state index in [1.54, 1.807) is 43.3 Å². The molecule has 0 bridgehead atoms. The zero-order chi connectivity index (χ0) is 22.5. The molecule has 0 saturated carbocycles. The number of benzene rings is 2. The SMILES string of the molecule is Cc1ccc(NC(=S)NC(=O)C=Cc2ccc(-c3cccc(Cl)c3Cl)o2)c([N+](=O)[O-])c1. The van der Waals surface area contributed by atoms with E-state index in [1.807, 2.05) is 0 Å². The van der Waals surface area contributed by atoms with E-state index in [2.05, 4.69) is 10.6 Å². The van der Waals surface area contributed by atoms with E-state index in [4.69, 9.17) is 39.8 Å². The maximum absolute atomic E-state index is 12.1. The molecule has 7 nitrogen and oxygen atoms in total. The molecule has 1 heterocycles. The van der Waals surface area contributed by atoms with Gasteiger partial charge in [0.2, 0.25) is 5.91 Å². The number of nitro benzene ring substituents is 1. The van der Waals surface area contributed by atoms with Crippen molar-refractivity contribution < 1.29 is 14.1 Å². The monoisotopic (exact) mass is 475 g/mol. The van der Waals surface area contributed by atoms with E-state index in [0.29, 0.717) is 27.1 Å². The fraction of sp³-hybridized carbons (Fsp3) is 0.0476. The van der Waals surface area contributed by atoms with Gasteiger partial charge in [-0.15, -0.1) is 0 Å². The summed E-state index contributed by atoms with van der Waals surface area (Å²) in [6.45, 7) is 1.74. The van der Waals surface area contributed by atoms with Crippen LogP contribution < -0.4 is 10.6 Å². The van der Waals surface area contributed by atoms with Crippen LogP contribution in [0.25, 0.3) is 17.4 Å². The van der Waals surface area contributed by atoms with Crippen LogP contribution in [0.2, 0.25) is 10.0 Å². The van der Waals surface area contributed by atoms with E-state index in [1.165, 1.54) is 24.3 Å². The zero-order valence-electron chi connectivity index (χ0n) is 16.0. The maximum atomic E-state index is 12.1. The lowest BCUT2D eigenvalue weighted by Crippen LogP contribution is -2.33. The molecular formula is C21H15Cl2N3O4S. The highest BCUT2D eigenvalue weighted by Gasteiger charge is 2.15. The summed E-state index contributed by atoms with van der Waals surface area (Å²) in [5, 5.41) is 17.0. The highest BCUT2D eigenvalue weighted by molar-refractivity contribution is 7.80. The Kier molecular flexibility index (Phi) is 7.06. The lowest BCUT2D eigenvalue weighted by Gasteiger charge is -2.09. The average Bonchev–Trinajstić information content (AvgIpc) is 3.18. The lowest BCUT2D eigenvalue weighted by molar-refractivity contribution is -0.383. The highest BCUT2D eigenvalue weighted by atomic mass is 35.5. The maximum Gasteiger partial charge on any atom is 0.292 e. The van der Waals surface area contributed by atoms with Crippen molar-refractivity contribution in [2.75, 3.05) is 5.32 Å². The van der Waals surface area contributed by atoms with Gasteiger partial charge in [0.15, 0.2) is 5.11 Å². The van der Waals surface area contributed by atoms with Crippen LogP contribution in [0, 0.1) is 17.0 Å². The fourth-order valence-electron chi connectivity index (χ4n) is 2.64. The van der Waals surface area contributed by atoms with Crippen molar-refractivity contribution in [1.82, 2.24) is 5.32 Å². The molecule has 0 fully saturated rings. The van der Waals surface area contributed by atoms with Crippen LogP contribution in [0.5, 0.6) is 0 Å². The third kappa shape index (κ3) is 5.69. The van der Waals surface area contributed by atoms with Gasteiger partial charge in [-0.25, -0.2) is 0 Å². The number of anilines is 1. The molecule has 0 radical (unpaired) electrons. The molecule has 2 N–H and O–H groups in total. The van der Waals surface area contributed by atoms with Crippen LogP contribution in [0.4, 0.5) is 11.4 Å². The van der Waals surface area contributed by atoms with Gasteiger partial charge >= 0.3 is 0 Å². The van der Waals surface area contributed by atoms with Gasteiger partial charge in [-0.1, -0.05) is 35.3 Å². The summed E-state index contributed by atoms with van der Waals surface area (Å²) in [5.74, 6) is 0.372. The first-order chi connectivity index (χ1) is 14.7. The number of thiocarbonyl (C=S) groups is 1. The van der Waals surface area contributed by atoms with E-state index in [-0.39, 0.29) is 16.5 Å². The van der Waals surface area contributed by atoms with Gasteiger partial charge in [-0.2, -0.15) is 0 Å². The standard InChI is InChI=1S/C21H15Cl2N3O4S/c1-12-5-8-16(17(11-12)26(28)29)24-21(31)25-19(27)10-7-13-6-9-18(30-13)14-3-2-4-15(22)20(14)23/h2-11H,1H3,(H2,24,25,27,31). The van der Waals surface area contributed by atoms with Crippen LogP contribution in [0.1, 0.15) is 11.3 Å². The van der Waals surface area contributed by atoms with Gasteiger partial charge in [0, 0.05) is 17.7 Å². The summed E-state index contributed by atoms with van der Waals surface area (Å²) < 4.78 is 5.68. The van der Waals surface area contributed by atoms with Gasteiger partial charge in [0.1, 0.15) is 17.2 Å². The zero-order valence-corrected chi connectivity index (χ0v) is 18.3. The Bertz CT molecular complexity index is 1210. The highest BCUT2D eigenvalue weighted by Crippen LogP contribution is 2.34. The molecule has 0 aliphatic rings. The second-order valence-corrected chi connectivity index (χ2v) is 7.55.